The third-order valence-corrected chi connectivity index (χ3v) is 3.29. The van der Waals surface area contributed by atoms with Crippen molar-refractivity contribution in [3.63, 3.8) is 0 Å². The molecule has 1 aromatic rings. The Kier molecular flexibility index (Phi) is 3.08. The third kappa shape index (κ3) is 2.53. The molecule has 0 radical (unpaired) electrons. The lowest BCUT2D eigenvalue weighted by atomic mass is 10.1. The summed E-state index contributed by atoms with van der Waals surface area (Å²) in [4.78, 5) is 24.9. The van der Waals surface area contributed by atoms with Gasteiger partial charge in [-0.1, -0.05) is 12.1 Å². The van der Waals surface area contributed by atoms with E-state index in [1.54, 1.807) is 0 Å². The van der Waals surface area contributed by atoms with E-state index in [-0.39, 0.29) is 6.10 Å². The van der Waals surface area contributed by atoms with Gasteiger partial charge in [0.2, 0.25) is 0 Å². The summed E-state index contributed by atoms with van der Waals surface area (Å²) in [6, 6.07) is 6.89. The first-order valence-electron chi connectivity index (χ1n) is 6.37. The van der Waals surface area contributed by atoms with E-state index in [1.807, 2.05) is 24.3 Å². The molecule has 2 aliphatic rings. The summed E-state index contributed by atoms with van der Waals surface area (Å²) in [5, 5.41) is 5.42. The standard InChI is InChI=1S/C13H15N3O3/c17-12(16-10-3-1-2-4-11(10)16)15-13(18)19-9-5-7-14-8-6-9/h1-4,9,14H,5-8H2,(H,15,17,18). The summed E-state index contributed by atoms with van der Waals surface area (Å²) in [7, 11) is 0. The summed E-state index contributed by atoms with van der Waals surface area (Å²) in [6.07, 6.45) is 0.789. The monoisotopic (exact) mass is 261 g/mol. The number of carbonyl (C=O) groups excluding carboxylic acids is 2. The Morgan fingerprint density at radius 3 is 2.47 bits per heavy atom. The number of para-hydroxylation sites is 2. The molecule has 6 nitrogen and oxygen atoms in total. The molecule has 0 aliphatic carbocycles. The van der Waals surface area contributed by atoms with E-state index in [9.17, 15) is 9.59 Å². The molecule has 1 aromatic carbocycles. The molecule has 2 heterocycles. The Balaban J connectivity index is 1.49. The normalized spacial score (nSPS) is 17.6. The number of carbonyl (C=O) groups is 2. The minimum atomic E-state index is -0.672. The number of alkyl carbamates (subject to hydrolysis) is 1. The van der Waals surface area contributed by atoms with Crippen LogP contribution in [-0.4, -0.2) is 31.3 Å². The van der Waals surface area contributed by atoms with Gasteiger partial charge in [-0.3, -0.25) is 4.90 Å². The summed E-state index contributed by atoms with van der Waals surface area (Å²) in [5.41, 5.74) is 1.66. The summed E-state index contributed by atoms with van der Waals surface area (Å²) < 4.78 is 5.20. The van der Waals surface area contributed by atoms with Gasteiger partial charge in [-0.25, -0.2) is 14.9 Å². The first-order valence-corrected chi connectivity index (χ1v) is 6.37. The van der Waals surface area contributed by atoms with Gasteiger partial charge in [-0.05, 0) is 38.1 Å². The number of piperidine rings is 1. The van der Waals surface area contributed by atoms with Crippen molar-refractivity contribution < 1.29 is 14.3 Å². The molecule has 0 spiro atoms. The zero-order valence-corrected chi connectivity index (χ0v) is 10.4. The first kappa shape index (κ1) is 12.0. The van der Waals surface area contributed by atoms with Gasteiger partial charge in [0.1, 0.15) is 6.10 Å². The lowest BCUT2D eigenvalue weighted by Crippen LogP contribution is -2.40. The van der Waals surface area contributed by atoms with Crippen molar-refractivity contribution >= 4 is 23.5 Å². The largest absolute Gasteiger partial charge is 0.446 e. The van der Waals surface area contributed by atoms with Crippen LogP contribution in [0.4, 0.5) is 21.0 Å². The Morgan fingerprint density at radius 1 is 1.21 bits per heavy atom. The highest BCUT2D eigenvalue weighted by atomic mass is 16.6. The zero-order chi connectivity index (χ0) is 13.2. The van der Waals surface area contributed by atoms with E-state index >= 15 is 0 Å². The van der Waals surface area contributed by atoms with E-state index in [0.717, 1.165) is 37.3 Å². The summed E-state index contributed by atoms with van der Waals surface area (Å²) >= 11 is 0. The van der Waals surface area contributed by atoms with E-state index in [4.69, 9.17) is 4.74 Å². The maximum atomic E-state index is 11.8. The molecular weight excluding hydrogens is 246 g/mol. The lowest BCUT2D eigenvalue weighted by Gasteiger charge is -2.22. The molecule has 3 amide bonds. The quantitative estimate of drug-likeness (QED) is 0.755. The van der Waals surface area contributed by atoms with Crippen LogP contribution in [0.15, 0.2) is 24.3 Å². The molecule has 3 rings (SSSR count). The number of fused-ring (bicyclic) bond motifs is 1. The van der Waals surface area contributed by atoms with E-state index in [0.29, 0.717) is 0 Å². The topological polar surface area (TPSA) is 70.4 Å². The molecule has 0 unspecified atom stereocenters. The van der Waals surface area contributed by atoms with E-state index < -0.39 is 12.1 Å². The van der Waals surface area contributed by atoms with Crippen LogP contribution in [0.25, 0.3) is 0 Å². The maximum Gasteiger partial charge on any atom is 0.415 e. The van der Waals surface area contributed by atoms with Crippen LogP contribution in [0.1, 0.15) is 12.8 Å². The van der Waals surface area contributed by atoms with Crippen molar-refractivity contribution in [3.05, 3.63) is 24.3 Å². The smallest absolute Gasteiger partial charge is 0.415 e. The van der Waals surface area contributed by atoms with Crippen molar-refractivity contribution in [1.29, 1.82) is 0 Å². The minimum absolute atomic E-state index is 0.106. The number of anilines is 2. The van der Waals surface area contributed by atoms with Gasteiger partial charge in [0.15, 0.2) is 0 Å². The lowest BCUT2D eigenvalue weighted by molar-refractivity contribution is 0.0817. The maximum absolute atomic E-state index is 11.8. The molecule has 19 heavy (non-hydrogen) atoms. The van der Waals surface area contributed by atoms with Crippen LogP contribution in [0.5, 0.6) is 0 Å². The molecule has 0 atom stereocenters. The minimum Gasteiger partial charge on any atom is -0.446 e. The fourth-order valence-electron chi connectivity index (χ4n) is 2.26. The second kappa shape index (κ2) is 4.89. The number of benzene rings is 1. The number of urea groups is 1. The van der Waals surface area contributed by atoms with Crippen LogP contribution in [0, 0.1) is 0 Å². The predicted octanol–water partition coefficient (Wildman–Crippen LogP) is 1.74. The second-order valence-corrected chi connectivity index (χ2v) is 4.61. The van der Waals surface area contributed by atoms with Crippen molar-refractivity contribution in [3.8, 4) is 0 Å². The molecule has 1 fully saturated rings. The average Bonchev–Trinajstić information content (AvgIpc) is 3.14. The molecule has 2 N–H and O–H groups in total. The van der Waals surface area contributed by atoms with Crippen LogP contribution in [-0.2, 0) is 4.74 Å². The third-order valence-electron chi connectivity index (χ3n) is 3.29. The number of ether oxygens (including phenoxy) is 1. The van der Waals surface area contributed by atoms with Gasteiger partial charge in [-0.2, -0.15) is 0 Å². The van der Waals surface area contributed by atoms with Crippen LogP contribution in [0.2, 0.25) is 0 Å². The number of rotatable bonds is 1. The Labute approximate surface area is 110 Å². The Morgan fingerprint density at radius 2 is 1.84 bits per heavy atom. The number of amides is 3. The van der Waals surface area contributed by atoms with Crippen molar-refractivity contribution in [1.82, 2.24) is 10.6 Å². The Hall–Kier alpha value is -2.08. The highest BCUT2D eigenvalue weighted by Gasteiger charge is 2.35. The number of hydrogen-bond acceptors (Lipinski definition) is 4. The van der Waals surface area contributed by atoms with Gasteiger partial charge in [0, 0.05) is 0 Å². The number of hydrogen-bond donors (Lipinski definition) is 2. The molecule has 0 bridgehead atoms. The SMILES string of the molecule is O=C(NC(=O)N1c2ccccc21)OC1CCNCC1. The average molecular weight is 261 g/mol. The molecular formula is C13H15N3O3. The molecule has 0 saturated carbocycles. The second-order valence-electron chi connectivity index (χ2n) is 4.61. The number of imide groups is 1. The van der Waals surface area contributed by atoms with Crippen LogP contribution >= 0.6 is 0 Å². The zero-order valence-electron chi connectivity index (χ0n) is 10.4. The van der Waals surface area contributed by atoms with E-state index in [1.165, 1.54) is 4.90 Å². The van der Waals surface area contributed by atoms with Crippen molar-refractivity contribution in [2.24, 2.45) is 0 Å². The molecule has 2 aliphatic heterocycles. The highest BCUT2D eigenvalue weighted by molar-refractivity contribution is 6.17. The molecule has 100 valence electrons. The van der Waals surface area contributed by atoms with Crippen LogP contribution in [0.3, 0.4) is 0 Å². The van der Waals surface area contributed by atoms with Gasteiger partial charge in [0.25, 0.3) is 0 Å². The van der Waals surface area contributed by atoms with E-state index in [2.05, 4.69) is 10.6 Å². The van der Waals surface area contributed by atoms with Crippen molar-refractivity contribution in [2.45, 2.75) is 18.9 Å². The molecule has 6 heteroatoms. The van der Waals surface area contributed by atoms with Gasteiger partial charge >= 0.3 is 12.1 Å². The summed E-state index contributed by atoms with van der Waals surface area (Å²) in [6.45, 7) is 1.67. The van der Waals surface area contributed by atoms with Gasteiger partial charge < -0.3 is 10.1 Å². The molecule has 0 aromatic heterocycles. The first-order chi connectivity index (χ1) is 9.25. The van der Waals surface area contributed by atoms with Crippen molar-refractivity contribution in [2.75, 3.05) is 18.0 Å². The Bertz CT molecular complexity index is 489. The number of nitrogens with one attached hydrogen (secondary N) is 2. The highest BCUT2D eigenvalue weighted by Crippen LogP contribution is 2.46. The number of nitrogens with zero attached hydrogens (tertiary/aromatic N) is 1. The fourth-order valence-corrected chi connectivity index (χ4v) is 2.26. The predicted molar refractivity (Wildman–Crippen MR) is 69.5 cm³/mol. The molecule has 1 saturated heterocycles. The van der Waals surface area contributed by atoms with Gasteiger partial charge in [0.05, 0.1) is 11.4 Å². The van der Waals surface area contributed by atoms with Crippen LogP contribution < -0.4 is 15.5 Å². The van der Waals surface area contributed by atoms with Gasteiger partial charge in [-0.15, -0.1) is 0 Å². The summed E-state index contributed by atoms with van der Waals surface area (Å²) in [5.74, 6) is 0. The fraction of sp³-hybridized carbons (Fsp3) is 0.385.